The molecule has 0 heterocycles. The number of hydrogen-bond acceptors (Lipinski definition) is 4. The maximum Gasteiger partial charge on any atom is 0.259 e. The molecule has 5 nitrogen and oxygen atoms in total. The van der Waals surface area contributed by atoms with Gasteiger partial charge in [-0.3, -0.25) is 4.79 Å². The number of carbonyl (C=O) groups is 1. The van der Waals surface area contributed by atoms with E-state index in [1.807, 2.05) is 20.8 Å². The Hall–Kier alpha value is -2.69. The lowest BCUT2D eigenvalue weighted by Crippen LogP contribution is -2.14. The van der Waals surface area contributed by atoms with E-state index in [0.717, 1.165) is 5.56 Å². The Bertz CT molecular complexity index is 697. The Labute approximate surface area is 135 Å². The molecule has 0 atom stereocenters. The van der Waals surface area contributed by atoms with Crippen LogP contribution in [0, 0.1) is 6.92 Å². The normalized spacial score (nSPS) is 10.2. The lowest BCUT2D eigenvalue weighted by atomic mass is 10.1. The lowest BCUT2D eigenvalue weighted by Gasteiger charge is -2.13. The Morgan fingerprint density at radius 3 is 2.52 bits per heavy atom. The van der Waals surface area contributed by atoms with Crippen LogP contribution >= 0.6 is 0 Å². The van der Waals surface area contributed by atoms with E-state index in [-0.39, 0.29) is 11.7 Å². The minimum absolute atomic E-state index is 0.0212. The second-order valence-corrected chi connectivity index (χ2v) is 5.00. The van der Waals surface area contributed by atoms with Gasteiger partial charge in [0.25, 0.3) is 5.91 Å². The molecule has 1 amide bonds. The maximum absolute atomic E-state index is 12.5. The first-order valence-corrected chi connectivity index (χ1v) is 7.55. The van der Waals surface area contributed by atoms with Crippen LogP contribution in [0.4, 0.5) is 5.69 Å². The summed E-state index contributed by atoms with van der Waals surface area (Å²) in [5, 5.41) is 12.6. The highest BCUT2D eigenvalue weighted by molar-refractivity contribution is 6.07. The lowest BCUT2D eigenvalue weighted by molar-refractivity contribution is 0.102. The predicted molar refractivity (Wildman–Crippen MR) is 89.6 cm³/mol. The minimum atomic E-state index is -0.350. The van der Waals surface area contributed by atoms with Gasteiger partial charge in [-0.25, -0.2) is 0 Å². The molecule has 0 fully saturated rings. The zero-order valence-corrected chi connectivity index (χ0v) is 13.6. The number of phenolic OH excluding ortho intramolecular Hbond substituents is 1. The van der Waals surface area contributed by atoms with E-state index in [4.69, 9.17) is 9.47 Å². The fourth-order valence-corrected chi connectivity index (χ4v) is 2.16. The van der Waals surface area contributed by atoms with Crippen molar-refractivity contribution in [2.75, 3.05) is 18.5 Å². The zero-order chi connectivity index (χ0) is 16.8. The summed E-state index contributed by atoms with van der Waals surface area (Å²) in [7, 11) is 0. The van der Waals surface area contributed by atoms with Gasteiger partial charge >= 0.3 is 0 Å². The van der Waals surface area contributed by atoms with E-state index in [9.17, 15) is 9.90 Å². The third kappa shape index (κ3) is 4.16. The Kier molecular flexibility index (Phi) is 5.46. The molecule has 2 N–H and O–H groups in total. The van der Waals surface area contributed by atoms with Crippen LogP contribution in [0.15, 0.2) is 36.4 Å². The van der Waals surface area contributed by atoms with Crippen molar-refractivity contribution in [3.63, 3.8) is 0 Å². The molecular weight excluding hydrogens is 294 g/mol. The fourth-order valence-electron chi connectivity index (χ4n) is 2.16. The number of amides is 1. The molecule has 0 aliphatic carbocycles. The number of carbonyl (C=O) groups excluding carboxylic acids is 1. The molecule has 0 radical (unpaired) electrons. The van der Waals surface area contributed by atoms with Gasteiger partial charge in [-0.05, 0) is 50.6 Å². The number of ether oxygens (including phenoxy) is 2. The molecule has 2 rings (SSSR count). The van der Waals surface area contributed by atoms with Crippen LogP contribution < -0.4 is 14.8 Å². The Morgan fingerprint density at radius 2 is 1.83 bits per heavy atom. The van der Waals surface area contributed by atoms with Crippen LogP contribution in [0.1, 0.15) is 29.8 Å². The van der Waals surface area contributed by atoms with Gasteiger partial charge in [-0.15, -0.1) is 0 Å². The Balaban J connectivity index is 2.29. The van der Waals surface area contributed by atoms with Crippen LogP contribution in [0.25, 0.3) is 0 Å². The van der Waals surface area contributed by atoms with Crippen molar-refractivity contribution < 1.29 is 19.4 Å². The molecule has 0 spiro atoms. The van der Waals surface area contributed by atoms with Crippen molar-refractivity contribution in [2.45, 2.75) is 20.8 Å². The molecule has 0 saturated carbocycles. The summed E-state index contributed by atoms with van der Waals surface area (Å²) in [5.41, 5.74) is 1.69. The molecule has 0 bridgehead atoms. The highest BCUT2D eigenvalue weighted by Gasteiger charge is 2.15. The molecule has 23 heavy (non-hydrogen) atoms. The SMILES string of the molecule is CCOc1ccc(C(=O)Nc2cc(C)ccc2O)c(OCC)c1. The summed E-state index contributed by atoms with van der Waals surface area (Å²) >= 11 is 0. The van der Waals surface area contributed by atoms with E-state index >= 15 is 0 Å². The number of anilines is 1. The van der Waals surface area contributed by atoms with Gasteiger partial charge in [0.15, 0.2) is 0 Å². The first-order valence-electron chi connectivity index (χ1n) is 7.55. The second kappa shape index (κ2) is 7.54. The molecule has 0 unspecified atom stereocenters. The number of aryl methyl sites for hydroxylation is 1. The molecule has 0 aliphatic rings. The van der Waals surface area contributed by atoms with Crippen molar-refractivity contribution in [3.05, 3.63) is 47.5 Å². The number of aromatic hydroxyl groups is 1. The van der Waals surface area contributed by atoms with Crippen molar-refractivity contribution >= 4 is 11.6 Å². The minimum Gasteiger partial charge on any atom is -0.506 e. The number of benzene rings is 2. The summed E-state index contributed by atoms with van der Waals surface area (Å²) in [6.45, 7) is 6.60. The van der Waals surface area contributed by atoms with Crippen molar-refractivity contribution in [1.29, 1.82) is 0 Å². The third-order valence-corrected chi connectivity index (χ3v) is 3.21. The summed E-state index contributed by atoms with van der Waals surface area (Å²) < 4.78 is 11.0. The summed E-state index contributed by atoms with van der Waals surface area (Å²) in [5.74, 6) is 0.763. The molecule has 2 aromatic rings. The number of rotatable bonds is 6. The summed E-state index contributed by atoms with van der Waals surface area (Å²) in [6, 6.07) is 10.1. The highest BCUT2D eigenvalue weighted by atomic mass is 16.5. The Morgan fingerprint density at radius 1 is 1.09 bits per heavy atom. The van der Waals surface area contributed by atoms with Gasteiger partial charge in [0, 0.05) is 6.07 Å². The van der Waals surface area contributed by atoms with Gasteiger partial charge in [0.05, 0.1) is 24.5 Å². The van der Waals surface area contributed by atoms with Crippen molar-refractivity contribution in [2.24, 2.45) is 0 Å². The van der Waals surface area contributed by atoms with Crippen LogP contribution in [-0.4, -0.2) is 24.2 Å². The molecule has 5 heteroatoms. The molecule has 0 saturated heterocycles. The van der Waals surface area contributed by atoms with Gasteiger partial charge in [0.1, 0.15) is 17.2 Å². The second-order valence-electron chi connectivity index (χ2n) is 5.00. The van der Waals surface area contributed by atoms with Crippen LogP contribution in [0.3, 0.4) is 0 Å². The van der Waals surface area contributed by atoms with E-state index < -0.39 is 0 Å². The van der Waals surface area contributed by atoms with E-state index in [1.54, 1.807) is 36.4 Å². The van der Waals surface area contributed by atoms with Gasteiger partial charge in [-0.2, -0.15) is 0 Å². The fraction of sp³-hybridized carbons (Fsp3) is 0.278. The van der Waals surface area contributed by atoms with Gasteiger partial charge in [-0.1, -0.05) is 6.07 Å². The van der Waals surface area contributed by atoms with Gasteiger partial charge < -0.3 is 19.9 Å². The summed E-state index contributed by atoms with van der Waals surface area (Å²) in [6.07, 6.45) is 0. The quantitative estimate of drug-likeness (QED) is 0.797. The molecule has 0 aromatic heterocycles. The van der Waals surface area contributed by atoms with E-state index in [2.05, 4.69) is 5.32 Å². The molecular formula is C18H21NO4. The molecule has 122 valence electrons. The summed E-state index contributed by atoms with van der Waals surface area (Å²) in [4.78, 5) is 12.5. The average Bonchev–Trinajstić information content (AvgIpc) is 2.52. The van der Waals surface area contributed by atoms with E-state index in [1.165, 1.54) is 0 Å². The largest absolute Gasteiger partial charge is 0.506 e. The van der Waals surface area contributed by atoms with Crippen LogP contribution in [0.5, 0.6) is 17.2 Å². The molecule has 0 aliphatic heterocycles. The number of hydrogen-bond donors (Lipinski definition) is 2. The van der Waals surface area contributed by atoms with Crippen LogP contribution in [0.2, 0.25) is 0 Å². The third-order valence-electron chi connectivity index (χ3n) is 3.21. The zero-order valence-electron chi connectivity index (χ0n) is 13.6. The number of nitrogens with one attached hydrogen (secondary N) is 1. The van der Waals surface area contributed by atoms with Crippen LogP contribution in [-0.2, 0) is 0 Å². The van der Waals surface area contributed by atoms with E-state index in [0.29, 0.717) is 36.0 Å². The standard InChI is InChI=1S/C18H21NO4/c1-4-22-13-7-8-14(17(11-13)23-5-2)18(21)19-15-10-12(3)6-9-16(15)20/h6-11,20H,4-5H2,1-3H3,(H,19,21). The smallest absolute Gasteiger partial charge is 0.259 e. The van der Waals surface area contributed by atoms with Crippen molar-refractivity contribution in [1.82, 2.24) is 0 Å². The monoisotopic (exact) mass is 315 g/mol. The highest BCUT2D eigenvalue weighted by Crippen LogP contribution is 2.28. The van der Waals surface area contributed by atoms with Crippen molar-refractivity contribution in [3.8, 4) is 17.2 Å². The van der Waals surface area contributed by atoms with Gasteiger partial charge in [0.2, 0.25) is 0 Å². The number of phenols is 1. The average molecular weight is 315 g/mol. The first-order chi connectivity index (χ1) is 11.0. The maximum atomic E-state index is 12.5. The predicted octanol–water partition coefficient (Wildman–Crippen LogP) is 3.75. The topological polar surface area (TPSA) is 67.8 Å². The first kappa shape index (κ1) is 16.7. The molecule has 2 aromatic carbocycles.